The highest BCUT2D eigenvalue weighted by atomic mass is 16.2. The Balaban J connectivity index is 1.79. The van der Waals surface area contributed by atoms with Gasteiger partial charge in [0.2, 0.25) is 5.91 Å². The van der Waals surface area contributed by atoms with Crippen LogP contribution in [-0.2, 0) is 24.8 Å². The minimum atomic E-state index is -0.635. The third kappa shape index (κ3) is 2.83. The summed E-state index contributed by atoms with van der Waals surface area (Å²) in [6, 6.07) is 7.68. The summed E-state index contributed by atoms with van der Waals surface area (Å²) in [5, 5.41) is 4.09. The minimum Gasteiger partial charge on any atom is -0.337 e. The van der Waals surface area contributed by atoms with E-state index in [9.17, 15) is 4.79 Å². The van der Waals surface area contributed by atoms with E-state index in [4.69, 9.17) is 5.73 Å². The highest BCUT2D eigenvalue weighted by Gasteiger charge is 2.25. The summed E-state index contributed by atoms with van der Waals surface area (Å²) in [5.41, 5.74) is 9.43. The number of amides is 1. The van der Waals surface area contributed by atoms with Crippen LogP contribution in [0.4, 0.5) is 0 Å². The number of carbonyl (C=O) groups is 1. The number of aryl methyl sites for hydroxylation is 2. The lowest BCUT2D eigenvalue weighted by atomic mass is 10.0. The highest BCUT2D eigenvalue weighted by Crippen LogP contribution is 2.21. The minimum absolute atomic E-state index is 0.0281. The molecule has 3 rings (SSSR count). The summed E-state index contributed by atoms with van der Waals surface area (Å²) in [4.78, 5) is 14.5. The van der Waals surface area contributed by atoms with E-state index in [0.29, 0.717) is 6.54 Å². The van der Waals surface area contributed by atoms with Crippen molar-refractivity contribution in [3.05, 3.63) is 53.3 Å². The van der Waals surface area contributed by atoms with E-state index in [-0.39, 0.29) is 5.91 Å². The number of rotatable bonds is 2. The first-order valence-corrected chi connectivity index (χ1v) is 7.25. The Morgan fingerprint density at radius 2 is 2.10 bits per heavy atom. The van der Waals surface area contributed by atoms with Crippen molar-refractivity contribution in [2.24, 2.45) is 12.8 Å². The van der Waals surface area contributed by atoms with Gasteiger partial charge in [-0.2, -0.15) is 5.10 Å². The topological polar surface area (TPSA) is 64.2 Å². The number of nitrogens with two attached hydrogens (primary N) is 1. The fourth-order valence-corrected chi connectivity index (χ4v) is 2.83. The van der Waals surface area contributed by atoms with Crippen molar-refractivity contribution in [3.8, 4) is 0 Å². The second-order valence-corrected chi connectivity index (χ2v) is 5.56. The SMILES string of the molecule is Cn1cc(C(N)C(=O)N2CCCc3ccccc3C2)cn1. The average molecular weight is 284 g/mol. The summed E-state index contributed by atoms with van der Waals surface area (Å²) in [5.74, 6) is -0.0281. The van der Waals surface area contributed by atoms with E-state index in [2.05, 4.69) is 23.3 Å². The fraction of sp³-hybridized carbons (Fsp3) is 0.375. The molecule has 5 heteroatoms. The first-order chi connectivity index (χ1) is 10.1. The smallest absolute Gasteiger partial charge is 0.244 e. The molecule has 1 atom stereocenters. The van der Waals surface area contributed by atoms with Crippen molar-refractivity contribution in [2.75, 3.05) is 6.54 Å². The Morgan fingerprint density at radius 1 is 1.33 bits per heavy atom. The van der Waals surface area contributed by atoms with E-state index in [1.54, 1.807) is 17.1 Å². The quantitative estimate of drug-likeness (QED) is 0.906. The van der Waals surface area contributed by atoms with Crippen LogP contribution in [0.5, 0.6) is 0 Å². The molecule has 0 radical (unpaired) electrons. The number of carbonyl (C=O) groups excluding carboxylic acids is 1. The van der Waals surface area contributed by atoms with Crippen molar-refractivity contribution in [3.63, 3.8) is 0 Å². The van der Waals surface area contributed by atoms with E-state index >= 15 is 0 Å². The normalized spacial score (nSPS) is 16.2. The van der Waals surface area contributed by atoms with Crippen LogP contribution in [0.3, 0.4) is 0 Å². The number of fused-ring (bicyclic) bond motifs is 1. The summed E-state index contributed by atoms with van der Waals surface area (Å²) >= 11 is 0. The Bertz CT molecular complexity index is 649. The summed E-state index contributed by atoms with van der Waals surface area (Å²) in [6.07, 6.45) is 5.45. The third-order valence-corrected chi connectivity index (χ3v) is 4.02. The molecule has 0 spiro atoms. The number of benzene rings is 1. The summed E-state index contributed by atoms with van der Waals surface area (Å²) < 4.78 is 1.67. The van der Waals surface area contributed by atoms with Crippen LogP contribution in [0.25, 0.3) is 0 Å². The molecule has 0 saturated carbocycles. The summed E-state index contributed by atoms with van der Waals surface area (Å²) in [6.45, 7) is 1.39. The predicted molar refractivity (Wildman–Crippen MR) is 80.3 cm³/mol. The first kappa shape index (κ1) is 13.8. The number of nitrogens with zero attached hydrogens (tertiary/aromatic N) is 3. The highest BCUT2D eigenvalue weighted by molar-refractivity contribution is 5.83. The maximum Gasteiger partial charge on any atom is 0.244 e. The van der Waals surface area contributed by atoms with Gasteiger partial charge in [0.1, 0.15) is 6.04 Å². The zero-order valence-corrected chi connectivity index (χ0v) is 12.2. The lowest BCUT2D eigenvalue weighted by molar-refractivity contribution is -0.133. The molecule has 110 valence electrons. The second kappa shape index (κ2) is 5.69. The molecular weight excluding hydrogens is 264 g/mol. The van der Waals surface area contributed by atoms with Gasteiger partial charge in [-0.3, -0.25) is 9.48 Å². The van der Waals surface area contributed by atoms with E-state index in [1.807, 2.05) is 18.0 Å². The van der Waals surface area contributed by atoms with Crippen molar-refractivity contribution in [1.82, 2.24) is 14.7 Å². The molecule has 0 aliphatic carbocycles. The maximum atomic E-state index is 12.6. The van der Waals surface area contributed by atoms with E-state index in [1.165, 1.54) is 11.1 Å². The van der Waals surface area contributed by atoms with Crippen molar-refractivity contribution < 1.29 is 4.79 Å². The molecule has 1 aliphatic rings. The van der Waals surface area contributed by atoms with Crippen LogP contribution < -0.4 is 5.73 Å². The average Bonchev–Trinajstić information content (AvgIpc) is 2.81. The Labute approximate surface area is 124 Å². The largest absolute Gasteiger partial charge is 0.337 e. The van der Waals surface area contributed by atoms with Gasteiger partial charge in [-0.15, -0.1) is 0 Å². The molecule has 1 amide bonds. The van der Waals surface area contributed by atoms with Crippen LogP contribution in [0.15, 0.2) is 36.7 Å². The number of hydrogen-bond acceptors (Lipinski definition) is 3. The lowest BCUT2D eigenvalue weighted by Crippen LogP contribution is -2.38. The lowest BCUT2D eigenvalue weighted by Gasteiger charge is -2.24. The number of aromatic nitrogens is 2. The zero-order chi connectivity index (χ0) is 14.8. The molecular formula is C16H20N4O. The van der Waals surface area contributed by atoms with Crippen LogP contribution in [-0.4, -0.2) is 27.1 Å². The first-order valence-electron chi connectivity index (χ1n) is 7.25. The second-order valence-electron chi connectivity index (χ2n) is 5.56. The van der Waals surface area contributed by atoms with Gasteiger partial charge < -0.3 is 10.6 Å². The zero-order valence-electron chi connectivity index (χ0n) is 12.2. The maximum absolute atomic E-state index is 12.6. The number of hydrogen-bond donors (Lipinski definition) is 1. The standard InChI is InChI=1S/C16H20N4O/c1-19-10-14(9-18-19)15(17)16(21)20-8-4-7-12-5-2-3-6-13(12)11-20/h2-3,5-6,9-10,15H,4,7-8,11,17H2,1H3. The van der Waals surface area contributed by atoms with Crippen molar-refractivity contribution >= 4 is 5.91 Å². The molecule has 0 fully saturated rings. The van der Waals surface area contributed by atoms with Gasteiger partial charge >= 0.3 is 0 Å². The molecule has 2 aromatic rings. The van der Waals surface area contributed by atoms with Crippen LogP contribution in [0, 0.1) is 0 Å². The fourth-order valence-electron chi connectivity index (χ4n) is 2.83. The van der Waals surface area contributed by atoms with E-state index < -0.39 is 6.04 Å². The molecule has 2 heterocycles. The van der Waals surface area contributed by atoms with Gasteiger partial charge in [-0.25, -0.2) is 0 Å². The van der Waals surface area contributed by atoms with Gasteiger partial charge in [-0.05, 0) is 24.0 Å². The van der Waals surface area contributed by atoms with E-state index in [0.717, 1.165) is 24.9 Å². The van der Waals surface area contributed by atoms with Gasteiger partial charge in [0.05, 0.1) is 6.20 Å². The van der Waals surface area contributed by atoms with Gasteiger partial charge in [0.25, 0.3) is 0 Å². The molecule has 0 saturated heterocycles. The predicted octanol–water partition coefficient (Wildman–Crippen LogP) is 1.39. The van der Waals surface area contributed by atoms with Crippen molar-refractivity contribution in [1.29, 1.82) is 0 Å². The molecule has 5 nitrogen and oxygen atoms in total. The van der Waals surface area contributed by atoms with Gasteiger partial charge in [0, 0.05) is 31.9 Å². The van der Waals surface area contributed by atoms with Crippen LogP contribution in [0.1, 0.15) is 29.2 Å². The molecule has 1 aliphatic heterocycles. The molecule has 1 aromatic carbocycles. The third-order valence-electron chi connectivity index (χ3n) is 4.02. The molecule has 2 N–H and O–H groups in total. The Hall–Kier alpha value is -2.14. The van der Waals surface area contributed by atoms with Gasteiger partial charge in [-0.1, -0.05) is 24.3 Å². The Kier molecular flexibility index (Phi) is 3.75. The molecule has 1 unspecified atom stereocenters. The van der Waals surface area contributed by atoms with Crippen LogP contribution >= 0.6 is 0 Å². The molecule has 1 aromatic heterocycles. The monoisotopic (exact) mass is 284 g/mol. The van der Waals surface area contributed by atoms with Crippen molar-refractivity contribution in [2.45, 2.75) is 25.4 Å². The molecule has 0 bridgehead atoms. The molecule has 21 heavy (non-hydrogen) atoms. The summed E-state index contributed by atoms with van der Waals surface area (Å²) in [7, 11) is 1.82. The van der Waals surface area contributed by atoms with Crippen LogP contribution in [0.2, 0.25) is 0 Å². The van der Waals surface area contributed by atoms with Gasteiger partial charge in [0.15, 0.2) is 0 Å². The Morgan fingerprint density at radius 3 is 2.81 bits per heavy atom.